The van der Waals surface area contributed by atoms with E-state index in [-0.39, 0.29) is 12.5 Å². The van der Waals surface area contributed by atoms with Gasteiger partial charge in [-0.1, -0.05) is 22.0 Å². The Morgan fingerprint density at radius 3 is 2.89 bits per heavy atom. The number of nitrogens with one attached hydrogen (secondary N) is 1. The summed E-state index contributed by atoms with van der Waals surface area (Å²) in [4.78, 5) is 25.2. The second kappa shape index (κ2) is 6.16. The lowest BCUT2D eigenvalue weighted by Gasteiger charge is -2.15. The molecule has 1 fully saturated rings. The normalized spacial score (nSPS) is 18.4. The first-order valence-electron chi connectivity index (χ1n) is 6.07. The number of hydrogen-bond acceptors (Lipinski definition) is 3. The van der Waals surface area contributed by atoms with E-state index in [9.17, 15) is 9.59 Å². The van der Waals surface area contributed by atoms with Crippen molar-refractivity contribution in [2.75, 3.05) is 25.0 Å². The summed E-state index contributed by atoms with van der Waals surface area (Å²) in [5.41, 5.74) is 0.575. The van der Waals surface area contributed by atoms with Crippen LogP contribution < -0.4 is 5.32 Å². The summed E-state index contributed by atoms with van der Waals surface area (Å²) < 4.78 is 0.833. The summed E-state index contributed by atoms with van der Waals surface area (Å²) in [6.07, 6.45) is 0.742. The monoisotopic (exact) mass is 326 g/mol. The lowest BCUT2D eigenvalue weighted by atomic mass is 10.1. The molecule has 2 rings (SSSR count). The number of benzene rings is 1. The standard InChI is InChI=1S/C13H15BrN2O3/c14-10-2-1-3-11(6-10)15-12(18)13(19)16-5-4-9(7-16)8-17/h1-3,6,9,17H,4-5,7-8H2,(H,15,18). The molecule has 1 heterocycles. The second-order valence-corrected chi connectivity index (χ2v) is 5.47. The van der Waals surface area contributed by atoms with Crippen LogP contribution in [-0.4, -0.2) is 41.5 Å². The first kappa shape index (κ1) is 14.0. The molecule has 0 spiro atoms. The fourth-order valence-electron chi connectivity index (χ4n) is 2.06. The molecule has 1 aliphatic heterocycles. The summed E-state index contributed by atoms with van der Waals surface area (Å²) in [5, 5.41) is 11.6. The van der Waals surface area contributed by atoms with Crippen LogP contribution >= 0.6 is 15.9 Å². The number of anilines is 1. The van der Waals surface area contributed by atoms with Crippen molar-refractivity contribution in [3.8, 4) is 0 Å². The van der Waals surface area contributed by atoms with Crippen LogP contribution in [0.3, 0.4) is 0 Å². The molecule has 6 heteroatoms. The highest BCUT2D eigenvalue weighted by atomic mass is 79.9. The van der Waals surface area contributed by atoms with Crippen LogP contribution in [0.2, 0.25) is 0 Å². The third-order valence-electron chi connectivity index (χ3n) is 3.11. The summed E-state index contributed by atoms with van der Waals surface area (Å²) in [6, 6.07) is 7.06. The minimum Gasteiger partial charge on any atom is -0.396 e. The number of carbonyl (C=O) groups excluding carboxylic acids is 2. The number of rotatable bonds is 2. The Labute approximate surface area is 119 Å². The summed E-state index contributed by atoms with van der Waals surface area (Å²) in [5.74, 6) is -1.10. The van der Waals surface area contributed by atoms with E-state index in [4.69, 9.17) is 5.11 Å². The Morgan fingerprint density at radius 1 is 1.47 bits per heavy atom. The van der Waals surface area contributed by atoms with Gasteiger partial charge in [-0.2, -0.15) is 0 Å². The minimum absolute atomic E-state index is 0.0526. The Balaban J connectivity index is 1.95. The third-order valence-corrected chi connectivity index (χ3v) is 3.60. The molecule has 1 aromatic carbocycles. The highest BCUT2D eigenvalue weighted by Gasteiger charge is 2.29. The number of aliphatic hydroxyl groups is 1. The maximum absolute atomic E-state index is 11.9. The summed E-state index contributed by atoms with van der Waals surface area (Å²) >= 11 is 3.30. The van der Waals surface area contributed by atoms with Crippen LogP contribution in [0.1, 0.15) is 6.42 Å². The Hall–Kier alpha value is -1.40. The molecule has 0 aliphatic carbocycles. The second-order valence-electron chi connectivity index (χ2n) is 4.55. The van der Waals surface area contributed by atoms with Crippen LogP contribution in [0, 0.1) is 5.92 Å². The summed E-state index contributed by atoms with van der Waals surface area (Å²) in [7, 11) is 0. The number of aliphatic hydroxyl groups excluding tert-OH is 1. The topological polar surface area (TPSA) is 69.6 Å². The molecule has 1 aliphatic rings. The van der Waals surface area contributed by atoms with Gasteiger partial charge in [-0.15, -0.1) is 0 Å². The fraction of sp³-hybridized carbons (Fsp3) is 0.385. The van der Waals surface area contributed by atoms with Crippen molar-refractivity contribution in [2.24, 2.45) is 5.92 Å². The smallest absolute Gasteiger partial charge is 0.313 e. The van der Waals surface area contributed by atoms with Gasteiger partial charge in [0.2, 0.25) is 0 Å². The molecule has 0 saturated carbocycles. The SMILES string of the molecule is O=C(Nc1cccc(Br)c1)C(=O)N1CCC(CO)C1. The van der Waals surface area contributed by atoms with Crippen LogP contribution in [0.5, 0.6) is 0 Å². The lowest BCUT2D eigenvalue weighted by molar-refractivity contribution is -0.142. The molecule has 2 N–H and O–H groups in total. The minimum atomic E-state index is -0.642. The Bertz CT molecular complexity index is 493. The van der Waals surface area contributed by atoms with Gasteiger partial charge in [0, 0.05) is 35.8 Å². The lowest BCUT2D eigenvalue weighted by Crippen LogP contribution is -2.38. The van der Waals surface area contributed by atoms with Gasteiger partial charge in [0.15, 0.2) is 0 Å². The van der Waals surface area contributed by atoms with Crippen molar-refractivity contribution in [1.82, 2.24) is 4.90 Å². The van der Waals surface area contributed by atoms with E-state index in [1.807, 2.05) is 6.07 Å². The maximum atomic E-state index is 11.9. The van der Waals surface area contributed by atoms with E-state index in [2.05, 4.69) is 21.2 Å². The van der Waals surface area contributed by atoms with Gasteiger partial charge in [0.25, 0.3) is 0 Å². The zero-order valence-corrected chi connectivity index (χ0v) is 11.9. The van der Waals surface area contributed by atoms with Gasteiger partial charge < -0.3 is 15.3 Å². The molecule has 102 valence electrons. The van der Waals surface area contributed by atoms with Crippen molar-refractivity contribution in [3.05, 3.63) is 28.7 Å². The molecule has 1 unspecified atom stereocenters. The van der Waals surface area contributed by atoms with E-state index in [1.165, 1.54) is 4.90 Å². The number of carbonyl (C=O) groups is 2. The van der Waals surface area contributed by atoms with E-state index in [0.717, 1.165) is 10.9 Å². The van der Waals surface area contributed by atoms with E-state index >= 15 is 0 Å². The molecule has 0 radical (unpaired) electrons. The molecule has 5 nitrogen and oxygen atoms in total. The van der Waals surface area contributed by atoms with Crippen molar-refractivity contribution in [2.45, 2.75) is 6.42 Å². The van der Waals surface area contributed by atoms with E-state index in [1.54, 1.807) is 18.2 Å². The van der Waals surface area contributed by atoms with Gasteiger partial charge in [-0.3, -0.25) is 9.59 Å². The highest BCUT2D eigenvalue weighted by Crippen LogP contribution is 2.18. The van der Waals surface area contributed by atoms with Gasteiger partial charge in [0.1, 0.15) is 0 Å². The van der Waals surface area contributed by atoms with E-state index in [0.29, 0.717) is 18.8 Å². The molecule has 0 aromatic heterocycles. The quantitative estimate of drug-likeness (QED) is 0.803. The molecule has 1 atom stereocenters. The van der Waals surface area contributed by atoms with Crippen molar-refractivity contribution < 1.29 is 14.7 Å². The van der Waals surface area contributed by atoms with Crippen LogP contribution in [0.25, 0.3) is 0 Å². The number of amides is 2. The largest absolute Gasteiger partial charge is 0.396 e. The van der Waals surface area contributed by atoms with Crippen molar-refractivity contribution in [1.29, 1.82) is 0 Å². The van der Waals surface area contributed by atoms with Gasteiger partial charge >= 0.3 is 11.8 Å². The molecule has 1 aromatic rings. The van der Waals surface area contributed by atoms with E-state index < -0.39 is 11.8 Å². The first-order valence-corrected chi connectivity index (χ1v) is 6.86. The average Bonchev–Trinajstić information content (AvgIpc) is 2.86. The number of nitrogens with zero attached hydrogens (tertiary/aromatic N) is 1. The number of halogens is 1. The molecule has 1 saturated heterocycles. The predicted molar refractivity (Wildman–Crippen MR) is 74.5 cm³/mol. The highest BCUT2D eigenvalue weighted by molar-refractivity contribution is 9.10. The van der Waals surface area contributed by atoms with Gasteiger partial charge in [0.05, 0.1) is 0 Å². The van der Waals surface area contributed by atoms with Crippen molar-refractivity contribution >= 4 is 33.4 Å². The Morgan fingerprint density at radius 2 is 2.26 bits per heavy atom. The Kier molecular flexibility index (Phi) is 4.55. The average molecular weight is 327 g/mol. The molecule has 2 amide bonds. The number of hydrogen-bond donors (Lipinski definition) is 2. The zero-order valence-electron chi connectivity index (χ0n) is 10.3. The molecular formula is C13H15BrN2O3. The maximum Gasteiger partial charge on any atom is 0.313 e. The molecule has 19 heavy (non-hydrogen) atoms. The fourth-order valence-corrected chi connectivity index (χ4v) is 2.46. The molecular weight excluding hydrogens is 312 g/mol. The van der Waals surface area contributed by atoms with Gasteiger partial charge in [-0.05, 0) is 24.6 Å². The summed E-state index contributed by atoms with van der Waals surface area (Å²) in [6.45, 7) is 1.02. The third kappa shape index (κ3) is 3.54. The number of likely N-dealkylation sites (tertiary alicyclic amines) is 1. The predicted octanol–water partition coefficient (Wildman–Crippen LogP) is 1.23. The van der Waals surface area contributed by atoms with Crippen LogP contribution in [0.4, 0.5) is 5.69 Å². The zero-order chi connectivity index (χ0) is 13.8. The van der Waals surface area contributed by atoms with Crippen molar-refractivity contribution in [3.63, 3.8) is 0 Å². The first-order chi connectivity index (χ1) is 9.10. The van der Waals surface area contributed by atoms with Crippen LogP contribution in [-0.2, 0) is 9.59 Å². The van der Waals surface area contributed by atoms with Gasteiger partial charge in [-0.25, -0.2) is 0 Å². The van der Waals surface area contributed by atoms with Crippen LogP contribution in [0.15, 0.2) is 28.7 Å². The molecule has 0 bridgehead atoms.